The van der Waals surface area contributed by atoms with Crippen molar-refractivity contribution < 1.29 is 9.59 Å². The second-order valence-corrected chi connectivity index (χ2v) is 8.80. The molecule has 0 aliphatic heterocycles. The summed E-state index contributed by atoms with van der Waals surface area (Å²) in [6.45, 7) is 8.03. The molecule has 3 rings (SSSR count). The third kappa shape index (κ3) is 4.89. The molecule has 0 saturated heterocycles. The Balaban J connectivity index is 1.60. The van der Waals surface area contributed by atoms with Gasteiger partial charge in [0.25, 0.3) is 0 Å². The molecular formula is C20H23N5O2S. The Hall–Kier alpha value is -2.87. The maximum absolute atomic E-state index is 12.5. The number of tetrazole rings is 1. The third-order valence-electron chi connectivity index (χ3n) is 4.09. The van der Waals surface area contributed by atoms with Gasteiger partial charge in [0.15, 0.2) is 5.78 Å². The van der Waals surface area contributed by atoms with E-state index in [1.807, 2.05) is 58.0 Å². The van der Waals surface area contributed by atoms with Gasteiger partial charge in [0, 0.05) is 15.9 Å². The Labute approximate surface area is 167 Å². The van der Waals surface area contributed by atoms with Crippen molar-refractivity contribution in [1.29, 1.82) is 0 Å². The van der Waals surface area contributed by atoms with Crippen LogP contribution >= 0.6 is 11.3 Å². The van der Waals surface area contributed by atoms with E-state index in [-0.39, 0.29) is 18.2 Å². The third-order valence-corrected chi connectivity index (χ3v) is 5.21. The van der Waals surface area contributed by atoms with E-state index in [1.165, 1.54) is 16.1 Å². The SMILES string of the molecule is Cc1ccc(-c2nnn(CC(=O)c3ccc(CNC(=O)C(C)(C)C)s3)n2)cc1. The highest BCUT2D eigenvalue weighted by Gasteiger charge is 2.21. The van der Waals surface area contributed by atoms with Crippen molar-refractivity contribution in [2.45, 2.75) is 40.8 Å². The first kappa shape index (κ1) is 19.9. The van der Waals surface area contributed by atoms with Crippen molar-refractivity contribution in [3.63, 3.8) is 0 Å². The number of aryl methyl sites for hydroxylation is 1. The largest absolute Gasteiger partial charge is 0.351 e. The van der Waals surface area contributed by atoms with Crippen molar-refractivity contribution in [2.75, 3.05) is 0 Å². The molecule has 146 valence electrons. The Bertz CT molecular complexity index is 983. The van der Waals surface area contributed by atoms with Crippen LogP contribution in [0.5, 0.6) is 0 Å². The Morgan fingerprint density at radius 3 is 2.50 bits per heavy atom. The van der Waals surface area contributed by atoms with Crippen LogP contribution in [0.25, 0.3) is 11.4 Å². The molecule has 2 heterocycles. The molecule has 28 heavy (non-hydrogen) atoms. The molecule has 7 nitrogen and oxygen atoms in total. The monoisotopic (exact) mass is 397 g/mol. The van der Waals surface area contributed by atoms with Gasteiger partial charge >= 0.3 is 0 Å². The Kier molecular flexibility index (Phi) is 5.69. The van der Waals surface area contributed by atoms with Gasteiger partial charge < -0.3 is 5.32 Å². The second kappa shape index (κ2) is 8.02. The van der Waals surface area contributed by atoms with Crippen LogP contribution in [0.15, 0.2) is 36.4 Å². The molecule has 0 fully saturated rings. The number of rotatable bonds is 6. The van der Waals surface area contributed by atoms with Gasteiger partial charge in [0.05, 0.1) is 11.4 Å². The molecule has 1 aromatic carbocycles. The molecule has 0 spiro atoms. The highest BCUT2D eigenvalue weighted by atomic mass is 32.1. The van der Waals surface area contributed by atoms with Gasteiger partial charge in [0.1, 0.15) is 6.54 Å². The van der Waals surface area contributed by atoms with Crippen molar-refractivity contribution in [1.82, 2.24) is 25.5 Å². The maximum atomic E-state index is 12.5. The summed E-state index contributed by atoms with van der Waals surface area (Å²) in [7, 11) is 0. The number of nitrogens with zero attached hydrogens (tertiary/aromatic N) is 4. The number of Topliss-reactive ketones (excluding diaryl/α,β-unsaturated/α-hetero) is 1. The van der Waals surface area contributed by atoms with Crippen molar-refractivity contribution >= 4 is 23.0 Å². The predicted octanol–water partition coefficient (Wildman–Crippen LogP) is 3.26. The minimum Gasteiger partial charge on any atom is -0.351 e. The van der Waals surface area contributed by atoms with Crippen molar-refractivity contribution in [3.8, 4) is 11.4 Å². The molecule has 8 heteroatoms. The highest BCUT2D eigenvalue weighted by Crippen LogP contribution is 2.19. The lowest BCUT2D eigenvalue weighted by Gasteiger charge is -2.17. The smallest absolute Gasteiger partial charge is 0.225 e. The van der Waals surface area contributed by atoms with E-state index in [0.29, 0.717) is 17.2 Å². The molecule has 0 radical (unpaired) electrons. The van der Waals surface area contributed by atoms with Crippen LogP contribution in [-0.2, 0) is 17.9 Å². The Morgan fingerprint density at radius 2 is 1.82 bits per heavy atom. The van der Waals surface area contributed by atoms with E-state index in [1.54, 1.807) is 6.07 Å². The fourth-order valence-corrected chi connectivity index (χ4v) is 3.27. The molecular weight excluding hydrogens is 374 g/mol. The number of amides is 1. The first-order valence-electron chi connectivity index (χ1n) is 8.97. The lowest BCUT2D eigenvalue weighted by molar-refractivity contribution is -0.128. The quantitative estimate of drug-likeness (QED) is 0.645. The molecule has 2 aromatic heterocycles. The van der Waals surface area contributed by atoms with Gasteiger partial charge in [-0.1, -0.05) is 50.6 Å². The van der Waals surface area contributed by atoms with Crippen LogP contribution in [0.3, 0.4) is 0 Å². The zero-order valence-corrected chi connectivity index (χ0v) is 17.2. The normalized spacial score (nSPS) is 11.4. The summed E-state index contributed by atoms with van der Waals surface area (Å²) >= 11 is 1.36. The molecule has 1 N–H and O–H groups in total. The van der Waals surface area contributed by atoms with Crippen molar-refractivity contribution in [2.24, 2.45) is 5.41 Å². The summed E-state index contributed by atoms with van der Waals surface area (Å²) < 4.78 is 0. The predicted molar refractivity (Wildman–Crippen MR) is 108 cm³/mol. The number of aromatic nitrogens is 4. The standard InChI is InChI=1S/C20H23N5O2S/c1-13-5-7-14(8-6-13)18-22-24-25(23-18)12-16(26)17-10-9-15(28-17)11-21-19(27)20(2,3)4/h5-10H,11-12H2,1-4H3,(H,21,27). The van der Waals surface area contributed by atoms with E-state index in [9.17, 15) is 9.59 Å². The average molecular weight is 398 g/mol. The summed E-state index contributed by atoms with van der Waals surface area (Å²) in [5, 5.41) is 15.2. The number of carbonyl (C=O) groups excluding carboxylic acids is 2. The van der Waals surface area contributed by atoms with Crippen molar-refractivity contribution in [3.05, 3.63) is 51.7 Å². The molecule has 0 aliphatic carbocycles. The van der Waals surface area contributed by atoms with Gasteiger partial charge in [-0.2, -0.15) is 4.80 Å². The summed E-state index contributed by atoms with van der Waals surface area (Å²) in [4.78, 5) is 27.3. The summed E-state index contributed by atoms with van der Waals surface area (Å²) in [5.74, 6) is 0.375. The number of benzene rings is 1. The van der Waals surface area contributed by atoms with Gasteiger partial charge in [0.2, 0.25) is 11.7 Å². The number of hydrogen-bond acceptors (Lipinski definition) is 6. The number of hydrogen-bond donors (Lipinski definition) is 1. The molecule has 3 aromatic rings. The van der Waals surface area contributed by atoms with Crippen LogP contribution in [0.1, 0.15) is 40.9 Å². The topological polar surface area (TPSA) is 89.8 Å². The van der Waals surface area contributed by atoms with Crippen LogP contribution in [0, 0.1) is 12.3 Å². The van der Waals surface area contributed by atoms with E-state index in [0.717, 1.165) is 16.0 Å². The molecule has 0 atom stereocenters. The minimum absolute atomic E-state index is 0.0210. The van der Waals surface area contributed by atoms with Gasteiger partial charge in [-0.15, -0.1) is 21.5 Å². The van der Waals surface area contributed by atoms with Crippen LogP contribution in [-0.4, -0.2) is 31.9 Å². The van der Waals surface area contributed by atoms with E-state index >= 15 is 0 Å². The fourth-order valence-electron chi connectivity index (χ4n) is 2.39. The summed E-state index contributed by atoms with van der Waals surface area (Å²) in [6.07, 6.45) is 0. The zero-order valence-electron chi connectivity index (χ0n) is 16.4. The van der Waals surface area contributed by atoms with E-state index in [4.69, 9.17) is 0 Å². The second-order valence-electron chi connectivity index (χ2n) is 7.63. The number of carbonyl (C=O) groups is 2. The molecule has 0 saturated carbocycles. The first-order valence-corrected chi connectivity index (χ1v) is 9.79. The minimum atomic E-state index is -0.441. The number of nitrogens with one attached hydrogen (secondary N) is 1. The lowest BCUT2D eigenvalue weighted by atomic mass is 9.96. The van der Waals surface area contributed by atoms with Gasteiger partial charge in [-0.3, -0.25) is 9.59 Å². The number of thiophene rings is 1. The molecule has 0 unspecified atom stereocenters. The van der Waals surface area contributed by atoms with E-state index in [2.05, 4.69) is 20.7 Å². The zero-order chi connectivity index (χ0) is 20.3. The van der Waals surface area contributed by atoms with Gasteiger partial charge in [-0.05, 0) is 24.3 Å². The molecule has 1 amide bonds. The van der Waals surface area contributed by atoms with Crippen LogP contribution in [0.2, 0.25) is 0 Å². The molecule has 0 aliphatic rings. The lowest BCUT2D eigenvalue weighted by Crippen LogP contribution is -2.34. The maximum Gasteiger partial charge on any atom is 0.225 e. The highest BCUT2D eigenvalue weighted by molar-refractivity contribution is 7.14. The summed E-state index contributed by atoms with van der Waals surface area (Å²) in [5.41, 5.74) is 1.57. The van der Waals surface area contributed by atoms with Crippen LogP contribution in [0.4, 0.5) is 0 Å². The number of ketones is 1. The summed E-state index contributed by atoms with van der Waals surface area (Å²) in [6, 6.07) is 11.4. The Morgan fingerprint density at radius 1 is 1.11 bits per heavy atom. The average Bonchev–Trinajstić information content (AvgIpc) is 3.29. The molecule has 0 bridgehead atoms. The fraction of sp³-hybridized carbons (Fsp3) is 0.350. The van der Waals surface area contributed by atoms with Gasteiger partial charge in [-0.25, -0.2) is 0 Å². The first-order chi connectivity index (χ1) is 13.2. The van der Waals surface area contributed by atoms with E-state index < -0.39 is 5.41 Å². The van der Waals surface area contributed by atoms with Crippen LogP contribution < -0.4 is 5.32 Å².